The lowest BCUT2D eigenvalue weighted by atomic mass is 10.0. The van der Waals surface area contributed by atoms with Gasteiger partial charge in [-0.1, -0.05) is 60.1 Å². The molecule has 3 aromatic rings. The van der Waals surface area contributed by atoms with E-state index >= 15 is 0 Å². The number of nitrogens with one attached hydrogen (secondary N) is 2. The van der Waals surface area contributed by atoms with Crippen molar-refractivity contribution in [1.29, 1.82) is 0 Å². The molecule has 3 rings (SSSR count). The molecule has 0 spiro atoms. The molecule has 0 bridgehead atoms. The smallest absolute Gasteiger partial charge is 0.253 e. The molecule has 2 amide bonds. The van der Waals surface area contributed by atoms with E-state index in [9.17, 15) is 9.59 Å². The third-order valence-corrected chi connectivity index (χ3v) is 5.28. The molecule has 0 fully saturated rings. The van der Waals surface area contributed by atoms with Crippen LogP contribution >= 0.6 is 11.6 Å². The maximum absolute atomic E-state index is 12.8. The fourth-order valence-corrected chi connectivity index (χ4v) is 3.49. The van der Waals surface area contributed by atoms with Crippen molar-refractivity contribution in [2.75, 3.05) is 14.2 Å². The van der Waals surface area contributed by atoms with E-state index in [2.05, 4.69) is 10.6 Å². The third-order valence-electron chi connectivity index (χ3n) is 4.95. The lowest BCUT2D eigenvalue weighted by Gasteiger charge is -2.19. The Morgan fingerprint density at radius 3 is 2.28 bits per heavy atom. The molecule has 7 heteroatoms. The Kier molecular flexibility index (Phi) is 8.11. The number of ether oxygens (including phenoxy) is 2. The van der Waals surface area contributed by atoms with Crippen LogP contribution in [-0.4, -0.2) is 26.0 Å². The summed E-state index contributed by atoms with van der Waals surface area (Å²) in [6, 6.07) is 21.1. The minimum Gasteiger partial charge on any atom is -0.493 e. The Hall–Kier alpha value is -3.51. The van der Waals surface area contributed by atoms with Crippen LogP contribution in [0.4, 0.5) is 0 Å². The van der Waals surface area contributed by atoms with Gasteiger partial charge in [0, 0.05) is 6.54 Å². The Morgan fingerprint density at radius 2 is 1.59 bits per heavy atom. The van der Waals surface area contributed by atoms with Gasteiger partial charge in [-0.15, -0.1) is 0 Å². The molecule has 6 nitrogen and oxygen atoms in total. The van der Waals surface area contributed by atoms with Gasteiger partial charge in [0.05, 0.1) is 37.3 Å². The van der Waals surface area contributed by atoms with Crippen molar-refractivity contribution in [3.8, 4) is 11.5 Å². The summed E-state index contributed by atoms with van der Waals surface area (Å²) in [6.45, 7) is 0.319. The number of benzene rings is 3. The van der Waals surface area contributed by atoms with E-state index in [0.717, 1.165) is 11.1 Å². The summed E-state index contributed by atoms with van der Waals surface area (Å²) in [7, 11) is 3.13. The van der Waals surface area contributed by atoms with Crippen molar-refractivity contribution < 1.29 is 19.1 Å². The minimum absolute atomic E-state index is 0.0769. The quantitative estimate of drug-likeness (QED) is 0.500. The number of rotatable bonds is 9. The summed E-state index contributed by atoms with van der Waals surface area (Å²) in [6.07, 6.45) is 0.0769. The lowest BCUT2D eigenvalue weighted by molar-refractivity contribution is -0.121. The van der Waals surface area contributed by atoms with Gasteiger partial charge in [0.15, 0.2) is 11.5 Å². The molecule has 0 aliphatic rings. The van der Waals surface area contributed by atoms with Crippen LogP contribution in [0.2, 0.25) is 5.02 Å². The van der Waals surface area contributed by atoms with E-state index in [-0.39, 0.29) is 18.2 Å². The molecule has 0 saturated heterocycles. The second-order valence-corrected chi connectivity index (χ2v) is 7.49. The summed E-state index contributed by atoms with van der Waals surface area (Å²) in [5.41, 5.74) is 2.06. The van der Waals surface area contributed by atoms with Crippen molar-refractivity contribution in [3.05, 3.63) is 94.5 Å². The molecule has 166 valence electrons. The Bertz CT molecular complexity index is 1070. The Labute approximate surface area is 192 Å². The predicted octanol–water partition coefficient (Wildman–Crippen LogP) is 4.53. The highest BCUT2D eigenvalue weighted by Crippen LogP contribution is 2.27. The molecular formula is C25H25ClN2O4. The van der Waals surface area contributed by atoms with Gasteiger partial charge in [-0.3, -0.25) is 9.59 Å². The summed E-state index contributed by atoms with van der Waals surface area (Å²) in [4.78, 5) is 25.5. The van der Waals surface area contributed by atoms with Crippen LogP contribution in [0.15, 0.2) is 72.8 Å². The van der Waals surface area contributed by atoms with Gasteiger partial charge in [0.2, 0.25) is 5.91 Å². The first-order valence-electron chi connectivity index (χ1n) is 10.1. The van der Waals surface area contributed by atoms with Crippen LogP contribution in [0.25, 0.3) is 0 Å². The molecule has 1 atom stereocenters. The largest absolute Gasteiger partial charge is 0.493 e. The monoisotopic (exact) mass is 452 g/mol. The zero-order valence-corrected chi connectivity index (χ0v) is 18.7. The van der Waals surface area contributed by atoms with E-state index in [1.165, 1.54) is 0 Å². The maximum atomic E-state index is 12.8. The number of amides is 2. The molecule has 2 N–H and O–H groups in total. The van der Waals surface area contributed by atoms with Gasteiger partial charge in [-0.2, -0.15) is 0 Å². The van der Waals surface area contributed by atoms with E-state index < -0.39 is 6.04 Å². The van der Waals surface area contributed by atoms with E-state index in [1.54, 1.807) is 44.6 Å². The van der Waals surface area contributed by atoms with Crippen LogP contribution in [-0.2, 0) is 11.3 Å². The highest BCUT2D eigenvalue weighted by molar-refractivity contribution is 6.33. The zero-order valence-electron chi connectivity index (χ0n) is 17.9. The number of halogens is 1. The average molecular weight is 453 g/mol. The van der Waals surface area contributed by atoms with E-state index in [4.69, 9.17) is 21.1 Å². The van der Waals surface area contributed by atoms with Crippen molar-refractivity contribution in [2.24, 2.45) is 0 Å². The fraction of sp³-hybridized carbons (Fsp3) is 0.200. The van der Waals surface area contributed by atoms with Crippen molar-refractivity contribution in [1.82, 2.24) is 10.6 Å². The summed E-state index contributed by atoms with van der Waals surface area (Å²) >= 11 is 6.16. The zero-order chi connectivity index (χ0) is 22.9. The molecule has 0 aliphatic carbocycles. The standard InChI is InChI=1S/C25H25ClN2O4/c1-31-22-13-12-17(14-23(22)32-2)16-27-24(29)15-21(18-8-4-3-5-9-18)28-25(30)19-10-6-7-11-20(19)26/h3-14,21H,15-16H2,1-2H3,(H,27,29)(H,28,30). The second-order valence-electron chi connectivity index (χ2n) is 7.09. The molecule has 1 unspecified atom stereocenters. The van der Waals surface area contributed by atoms with E-state index in [1.807, 2.05) is 42.5 Å². The summed E-state index contributed by atoms with van der Waals surface area (Å²) < 4.78 is 10.5. The molecule has 0 heterocycles. The number of carbonyl (C=O) groups is 2. The van der Waals surface area contributed by atoms with Crippen LogP contribution in [0.1, 0.15) is 33.9 Å². The number of methoxy groups -OCH3 is 2. The molecule has 0 aromatic heterocycles. The molecule has 0 saturated carbocycles. The normalized spacial score (nSPS) is 11.3. The van der Waals surface area contributed by atoms with Gasteiger partial charge in [-0.05, 0) is 35.4 Å². The first-order chi connectivity index (χ1) is 15.5. The van der Waals surface area contributed by atoms with Gasteiger partial charge in [0.1, 0.15) is 0 Å². The average Bonchev–Trinajstić information content (AvgIpc) is 2.82. The minimum atomic E-state index is -0.509. The first-order valence-corrected chi connectivity index (χ1v) is 10.5. The summed E-state index contributed by atoms with van der Waals surface area (Å²) in [5.74, 6) is 0.674. The van der Waals surface area contributed by atoms with Gasteiger partial charge in [0.25, 0.3) is 5.91 Å². The predicted molar refractivity (Wildman–Crippen MR) is 124 cm³/mol. The molecule has 3 aromatic carbocycles. The molecule has 32 heavy (non-hydrogen) atoms. The molecule has 0 radical (unpaired) electrons. The van der Waals surface area contributed by atoms with Crippen molar-refractivity contribution >= 4 is 23.4 Å². The van der Waals surface area contributed by atoms with Gasteiger partial charge in [-0.25, -0.2) is 0 Å². The topological polar surface area (TPSA) is 76.7 Å². The Balaban J connectivity index is 1.69. The molecular weight excluding hydrogens is 428 g/mol. The van der Waals surface area contributed by atoms with Crippen LogP contribution < -0.4 is 20.1 Å². The SMILES string of the molecule is COc1ccc(CNC(=O)CC(NC(=O)c2ccccc2Cl)c2ccccc2)cc1OC. The van der Waals surface area contributed by atoms with Crippen LogP contribution in [0.5, 0.6) is 11.5 Å². The molecule has 0 aliphatic heterocycles. The Morgan fingerprint density at radius 1 is 0.906 bits per heavy atom. The summed E-state index contributed by atoms with van der Waals surface area (Å²) in [5, 5.41) is 6.19. The first kappa shape index (κ1) is 23.2. The van der Waals surface area contributed by atoms with Gasteiger partial charge < -0.3 is 20.1 Å². The number of hydrogen-bond acceptors (Lipinski definition) is 4. The van der Waals surface area contributed by atoms with Crippen LogP contribution in [0.3, 0.4) is 0 Å². The van der Waals surface area contributed by atoms with Crippen LogP contribution in [0, 0.1) is 0 Å². The lowest BCUT2D eigenvalue weighted by Crippen LogP contribution is -2.33. The van der Waals surface area contributed by atoms with E-state index in [0.29, 0.717) is 28.6 Å². The third kappa shape index (κ3) is 6.02. The van der Waals surface area contributed by atoms with Crippen molar-refractivity contribution in [3.63, 3.8) is 0 Å². The number of carbonyl (C=O) groups excluding carboxylic acids is 2. The maximum Gasteiger partial charge on any atom is 0.253 e. The van der Waals surface area contributed by atoms with Gasteiger partial charge >= 0.3 is 0 Å². The number of hydrogen-bond donors (Lipinski definition) is 2. The second kappa shape index (κ2) is 11.2. The highest BCUT2D eigenvalue weighted by atomic mass is 35.5. The van der Waals surface area contributed by atoms with Crippen molar-refractivity contribution in [2.45, 2.75) is 19.0 Å². The highest BCUT2D eigenvalue weighted by Gasteiger charge is 2.20. The fourth-order valence-electron chi connectivity index (χ4n) is 3.27.